The number of halogens is 1. The van der Waals surface area contributed by atoms with Crippen LogP contribution in [0.15, 0.2) is 41.5 Å². The molecule has 0 aliphatic carbocycles. The molecular formula is C18H17FN4O. The lowest BCUT2D eigenvalue weighted by Gasteiger charge is -2.14. The summed E-state index contributed by atoms with van der Waals surface area (Å²) in [6.07, 6.45) is 3.17. The highest BCUT2D eigenvalue weighted by atomic mass is 19.1. The van der Waals surface area contributed by atoms with Crippen molar-refractivity contribution in [1.82, 2.24) is 14.1 Å². The molecule has 1 aromatic carbocycles. The molecule has 0 unspecified atom stereocenters. The van der Waals surface area contributed by atoms with Gasteiger partial charge in [-0.2, -0.15) is 5.26 Å². The lowest BCUT2D eigenvalue weighted by atomic mass is 10.1. The van der Waals surface area contributed by atoms with Crippen molar-refractivity contribution < 1.29 is 4.39 Å². The minimum Gasteiger partial charge on any atom is -0.295 e. The van der Waals surface area contributed by atoms with E-state index in [9.17, 15) is 9.18 Å². The average molecular weight is 324 g/mol. The molecule has 6 heteroatoms. The molecule has 0 atom stereocenters. The summed E-state index contributed by atoms with van der Waals surface area (Å²) in [4.78, 5) is 16.5. The van der Waals surface area contributed by atoms with E-state index < -0.39 is 5.67 Å². The molecule has 0 radical (unpaired) electrons. The number of nitrogens with zero attached hydrogens (tertiary/aromatic N) is 4. The van der Waals surface area contributed by atoms with Crippen molar-refractivity contribution in [2.45, 2.75) is 26.1 Å². The van der Waals surface area contributed by atoms with Crippen molar-refractivity contribution in [3.05, 3.63) is 52.7 Å². The Bertz CT molecular complexity index is 1020. The van der Waals surface area contributed by atoms with Crippen LogP contribution < -0.4 is 5.69 Å². The van der Waals surface area contributed by atoms with Crippen LogP contribution in [0.4, 0.5) is 4.39 Å². The molecule has 3 aromatic rings. The molecule has 24 heavy (non-hydrogen) atoms. The lowest BCUT2D eigenvalue weighted by Crippen LogP contribution is -2.30. The highest BCUT2D eigenvalue weighted by Crippen LogP contribution is 2.25. The third-order valence-electron chi connectivity index (χ3n) is 3.88. The fourth-order valence-electron chi connectivity index (χ4n) is 2.77. The molecule has 122 valence electrons. The first-order chi connectivity index (χ1) is 11.3. The molecule has 0 amide bonds. The maximum Gasteiger partial charge on any atom is 0.328 e. The molecule has 0 spiro atoms. The maximum absolute atomic E-state index is 14.0. The zero-order chi connectivity index (χ0) is 17.5. The Morgan fingerprint density at radius 3 is 2.62 bits per heavy atom. The Kier molecular flexibility index (Phi) is 3.72. The van der Waals surface area contributed by atoms with E-state index in [2.05, 4.69) is 11.1 Å². The van der Waals surface area contributed by atoms with Gasteiger partial charge in [-0.25, -0.2) is 9.18 Å². The predicted octanol–water partition coefficient (Wildman–Crippen LogP) is 3.02. The number of fused-ring (bicyclic) bond motifs is 1. The molecule has 0 N–H and O–H groups in total. The van der Waals surface area contributed by atoms with Gasteiger partial charge in [-0.1, -0.05) is 6.07 Å². The first kappa shape index (κ1) is 15.9. The van der Waals surface area contributed by atoms with Gasteiger partial charge in [0.15, 0.2) is 0 Å². The number of pyridine rings is 1. The van der Waals surface area contributed by atoms with Crippen molar-refractivity contribution in [2.75, 3.05) is 0 Å². The summed E-state index contributed by atoms with van der Waals surface area (Å²) >= 11 is 0. The molecule has 3 rings (SSSR count). The summed E-state index contributed by atoms with van der Waals surface area (Å²) in [7, 11) is 1.67. The van der Waals surface area contributed by atoms with E-state index in [-0.39, 0.29) is 12.2 Å². The highest BCUT2D eigenvalue weighted by molar-refractivity contribution is 5.82. The van der Waals surface area contributed by atoms with Crippen LogP contribution in [0, 0.1) is 11.3 Å². The van der Waals surface area contributed by atoms with E-state index in [1.807, 2.05) is 12.1 Å². The monoisotopic (exact) mass is 324 g/mol. The van der Waals surface area contributed by atoms with Gasteiger partial charge in [0, 0.05) is 25.0 Å². The fourth-order valence-corrected chi connectivity index (χ4v) is 2.77. The predicted molar refractivity (Wildman–Crippen MR) is 90.3 cm³/mol. The van der Waals surface area contributed by atoms with Crippen molar-refractivity contribution in [3.63, 3.8) is 0 Å². The first-order valence-electron chi connectivity index (χ1n) is 7.54. The maximum atomic E-state index is 14.0. The molecule has 0 saturated carbocycles. The molecule has 2 heterocycles. The SMILES string of the molecule is Cn1c(=O)n(CC(C)(C)F)c2ccc(-c3cncc(C#N)c3)cc21. The quantitative estimate of drug-likeness (QED) is 0.744. The lowest BCUT2D eigenvalue weighted by molar-refractivity contribution is 0.186. The van der Waals surface area contributed by atoms with Crippen LogP contribution in [-0.4, -0.2) is 19.8 Å². The molecule has 5 nitrogen and oxygen atoms in total. The summed E-state index contributed by atoms with van der Waals surface area (Å²) in [6.45, 7) is 2.89. The Labute approximate surface area is 138 Å². The van der Waals surface area contributed by atoms with Gasteiger partial charge in [-0.05, 0) is 37.6 Å². The zero-order valence-electron chi connectivity index (χ0n) is 13.7. The van der Waals surface area contributed by atoms with E-state index >= 15 is 0 Å². The molecule has 0 fully saturated rings. The number of hydrogen-bond donors (Lipinski definition) is 0. The first-order valence-corrected chi connectivity index (χ1v) is 7.54. The Hall–Kier alpha value is -2.94. The van der Waals surface area contributed by atoms with Crippen LogP contribution in [0.3, 0.4) is 0 Å². The molecule has 0 aliphatic rings. The van der Waals surface area contributed by atoms with Gasteiger partial charge in [-0.3, -0.25) is 14.1 Å². The summed E-state index contributed by atoms with van der Waals surface area (Å²) in [5.74, 6) is 0. The minimum absolute atomic E-state index is 0.00596. The largest absolute Gasteiger partial charge is 0.328 e. The third-order valence-corrected chi connectivity index (χ3v) is 3.88. The van der Waals surface area contributed by atoms with Crippen LogP contribution in [0.1, 0.15) is 19.4 Å². The summed E-state index contributed by atoms with van der Waals surface area (Å²) < 4.78 is 17.0. The topological polar surface area (TPSA) is 63.6 Å². The molecule has 2 aromatic heterocycles. The number of imidazole rings is 1. The molecular weight excluding hydrogens is 307 g/mol. The third kappa shape index (κ3) is 2.81. The standard InChI is InChI=1S/C18H17FN4O/c1-18(2,19)11-23-15-5-4-13(7-16(15)22(3)17(23)24)14-6-12(8-20)9-21-10-14/h4-7,9-10H,11H2,1-3H3. The number of aryl methyl sites for hydroxylation is 1. The van der Waals surface area contributed by atoms with Gasteiger partial charge in [0.2, 0.25) is 0 Å². The molecule has 0 bridgehead atoms. The number of hydrogen-bond acceptors (Lipinski definition) is 3. The second-order valence-corrected chi connectivity index (χ2v) is 6.42. The minimum atomic E-state index is -1.48. The van der Waals surface area contributed by atoms with Gasteiger partial charge >= 0.3 is 5.69 Å². The van der Waals surface area contributed by atoms with Crippen molar-refractivity contribution in [2.24, 2.45) is 7.05 Å². The second-order valence-electron chi connectivity index (χ2n) is 6.42. The van der Waals surface area contributed by atoms with Crippen molar-refractivity contribution in [1.29, 1.82) is 5.26 Å². The van der Waals surface area contributed by atoms with Crippen LogP contribution in [0.2, 0.25) is 0 Å². The fraction of sp³-hybridized carbons (Fsp3) is 0.278. The average Bonchev–Trinajstić information content (AvgIpc) is 2.78. The molecule has 0 aliphatic heterocycles. The van der Waals surface area contributed by atoms with Gasteiger partial charge in [0.05, 0.1) is 23.1 Å². The summed E-state index contributed by atoms with van der Waals surface area (Å²) in [5, 5.41) is 9.00. The van der Waals surface area contributed by atoms with Crippen LogP contribution in [-0.2, 0) is 13.6 Å². The van der Waals surface area contributed by atoms with Gasteiger partial charge in [-0.15, -0.1) is 0 Å². The second kappa shape index (κ2) is 5.60. The van der Waals surface area contributed by atoms with Gasteiger partial charge < -0.3 is 0 Å². The van der Waals surface area contributed by atoms with Crippen molar-refractivity contribution in [3.8, 4) is 17.2 Å². The number of rotatable bonds is 3. The van der Waals surface area contributed by atoms with Gasteiger partial charge in [0.1, 0.15) is 11.7 Å². The number of nitriles is 1. The Morgan fingerprint density at radius 1 is 1.21 bits per heavy atom. The van der Waals surface area contributed by atoms with Crippen LogP contribution in [0.5, 0.6) is 0 Å². The zero-order valence-corrected chi connectivity index (χ0v) is 13.7. The number of benzene rings is 1. The summed E-state index contributed by atoms with van der Waals surface area (Å²) in [5.41, 5.74) is 1.77. The van der Waals surface area contributed by atoms with Crippen LogP contribution >= 0.6 is 0 Å². The van der Waals surface area contributed by atoms with E-state index in [0.717, 1.165) is 11.1 Å². The Balaban J connectivity index is 2.18. The molecule has 0 saturated heterocycles. The van der Waals surface area contributed by atoms with Gasteiger partial charge in [0.25, 0.3) is 0 Å². The van der Waals surface area contributed by atoms with E-state index in [0.29, 0.717) is 16.6 Å². The normalized spacial score (nSPS) is 11.6. The Morgan fingerprint density at radius 2 is 1.96 bits per heavy atom. The van der Waals surface area contributed by atoms with Crippen molar-refractivity contribution >= 4 is 11.0 Å². The van der Waals surface area contributed by atoms with Crippen LogP contribution in [0.25, 0.3) is 22.2 Å². The highest BCUT2D eigenvalue weighted by Gasteiger charge is 2.21. The van der Waals surface area contributed by atoms with E-state index in [4.69, 9.17) is 5.26 Å². The van der Waals surface area contributed by atoms with E-state index in [1.165, 1.54) is 29.2 Å². The number of aromatic nitrogens is 3. The smallest absolute Gasteiger partial charge is 0.295 e. The number of alkyl halides is 1. The van der Waals surface area contributed by atoms with E-state index in [1.54, 1.807) is 25.4 Å². The summed E-state index contributed by atoms with van der Waals surface area (Å²) in [6, 6.07) is 9.31.